The van der Waals surface area contributed by atoms with Gasteiger partial charge in [-0.25, -0.2) is 0 Å². The molecular formula is C20H17N3O3. The van der Waals surface area contributed by atoms with Crippen molar-refractivity contribution in [3.63, 3.8) is 0 Å². The van der Waals surface area contributed by atoms with Crippen LogP contribution in [0.3, 0.4) is 0 Å². The van der Waals surface area contributed by atoms with Crippen molar-refractivity contribution in [3.05, 3.63) is 70.5 Å². The number of carbonyl (C=O) groups excluding carboxylic acids is 2. The molecule has 1 aliphatic rings. The summed E-state index contributed by atoms with van der Waals surface area (Å²) in [4.78, 5) is 40.7. The summed E-state index contributed by atoms with van der Waals surface area (Å²) < 4.78 is 0. The number of carbonyl (C=O) groups is 2. The number of aromatic nitrogens is 1. The van der Waals surface area contributed by atoms with Crippen molar-refractivity contribution >= 4 is 34.1 Å². The Morgan fingerprint density at radius 3 is 2.54 bits per heavy atom. The molecule has 0 saturated carbocycles. The maximum Gasteiger partial charge on any atom is 0.256 e. The summed E-state index contributed by atoms with van der Waals surface area (Å²) in [6.45, 7) is 0.726. The van der Waals surface area contributed by atoms with Crippen molar-refractivity contribution < 1.29 is 9.59 Å². The molecule has 6 heteroatoms. The molecule has 6 nitrogen and oxygen atoms in total. The van der Waals surface area contributed by atoms with Gasteiger partial charge in [0.25, 0.3) is 5.91 Å². The summed E-state index contributed by atoms with van der Waals surface area (Å²) in [7, 11) is 0. The van der Waals surface area contributed by atoms with Gasteiger partial charge in [-0.15, -0.1) is 0 Å². The molecule has 2 amide bonds. The first-order chi connectivity index (χ1) is 12.6. The first-order valence-corrected chi connectivity index (χ1v) is 8.46. The molecule has 3 aromatic rings. The first-order valence-electron chi connectivity index (χ1n) is 8.46. The summed E-state index contributed by atoms with van der Waals surface area (Å²) in [6.07, 6.45) is 1.45. The number of amides is 2. The number of anilines is 2. The highest BCUT2D eigenvalue weighted by molar-refractivity contribution is 6.12. The van der Waals surface area contributed by atoms with Crippen LogP contribution in [0.5, 0.6) is 0 Å². The third kappa shape index (κ3) is 2.97. The minimum absolute atomic E-state index is 0.122. The quantitative estimate of drug-likeness (QED) is 0.764. The van der Waals surface area contributed by atoms with E-state index in [0.717, 1.165) is 18.7 Å². The van der Waals surface area contributed by atoms with Crippen LogP contribution in [0, 0.1) is 0 Å². The van der Waals surface area contributed by atoms with Gasteiger partial charge in [-0.1, -0.05) is 18.2 Å². The van der Waals surface area contributed by atoms with E-state index in [1.807, 2.05) is 18.2 Å². The molecule has 0 radical (unpaired) electrons. The van der Waals surface area contributed by atoms with E-state index in [4.69, 9.17) is 0 Å². The van der Waals surface area contributed by atoms with Crippen LogP contribution in [0.2, 0.25) is 0 Å². The second-order valence-corrected chi connectivity index (χ2v) is 6.24. The number of rotatable bonds is 3. The molecule has 130 valence electrons. The van der Waals surface area contributed by atoms with Crippen molar-refractivity contribution in [2.75, 3.05) is 16.8 Å². The van der Waals surface area contributed by atoms with E-state index < -0.39 is 0 Å². The zero-order valence-corrected chi connectivity index (χ0v) is 14.0. The minimum atomic E-state index is -0.350. The van der Waals surface area contributed by atoms with Crippen molar-refractivity contribution in [2.24, 2.45) is 0 Å². The Labute approximate surface area is 149 Å². The number of nitrogens with zero attached hydrogens (tertiary/aromatic N) is 1. The maximum absolute atomic E-state index is 12.6. The Bertz CT molecular complexity index is 1050. The van der Waals surface area contributed by atoms with Crippen LogP contribution in [-0.4, -0.2) is 23.3 Å². The van der Waals surface area contributed by atoms with E-state index in [1.165, 1.54) is 6.07 Å². The third-order valence-electron chi connectivity index (χ3n) is 4.51. The van der Waals surface area contributed by atoms with Crippen LogP contribution >= 0.6 is 0 Å². The fourth-order valence-electron chi connectivity index (χ4n) is 3.24. The summed E-state index contributed by atoms with van der Waals surface area (Å²) in [5.74, 6) is -0.228. The maximum atomic E-state index is 12.6. The Kier molecular flexibility index (Phi) is 4.01. The van der Waals surface area contributed by atoms with E-state index >= 15 is 0 Å². The van der Waals surface area contributed by atoms with Gasteiger partial charge in [0, 0.05) is 41.3 Å². The van der Waals surface area contributed by atoms with Crippen LogP contribution in [-0.2, 0) is 4.79 Å². The number of aromatic amines is 1. The van der Waals surface area contributed by atoms with Crippen molar-refractivity contribution in [2.45, 2.75) is 12.8 Å². The average Bonchev–Trinajstić information content (AvgIpc) is 3.07. The molecule has 1 saturated heterocycles. The molecule has 2 aromatic carbocycles. The molecule has 0 bridgehead atoms. The average molecular weight is 347 g/mol. The molecule has 26 heavy (non-hydrogen) atoms. The molecule has 1 fully saturated rings. The SMILES string of the molecule is O=C(Nc1ccc(N2CCCC2=O)cc1)c1cc(=O)[nH]c2ccccc12. The molecule has 0 spiro atoms. The Hall–Kier alpha value is -3.41. The lowest BCUT2D eigenvalue weighted by molar-refractivity contribution is -0.117. The predicted octanol–water partition coefficient (Wildman–Crippen LogP) is 2.91. The van der Waals surface area contributed by atoms with Gasteiger partial charge in [0.15, 0.2) is 0 Å². The summed E-state index contributed by atoms with van der Waals surface area (Å²) >= 11 is 0. The number of pyridine rings is 1. The van der Waals surface area contributed by atoms with Crippen molar-refractivity contribution in [3.8, 4) is 0 Å². The van der Waals surface area contributed by atoms with Crippen LogP contribution in [0.1, 0.15) is 23.2 Å². The molecular weight excluding hydrogens is 330 g/mol. The topological polar surface area (TPSA) is 82.3 Å². The number of fused-ring (bicyclic) bond motifs is 1. The molecule has 0 atom stereocenters. The Morgan fingerprint density at radius 1 is 1.04 bits per heavy atom. The van der Waals surface area contributed by atoms with Gasteiger partial charge in [0.2, 0.25) is 11.5 Å². The molecule has 2 N–H and O–H groups in total. The molecule has 1 aliphatic heterocycles. The number of hydrogen-bond acceptors (Lipinski definition) is 3. The van der Waals surface area contributed by atoms with E-state index in [2.05, 4.69) is 10.3 Å². The molecule has 4 rings (SSSR count). The summed E-state index contributed by atoms with van der Waals surface area (Å²) in [6, 6.07) is 15.6. The van der Waals surface area contributed by atoms with E-state index in [-0.39, 0.29) is 17.4 Å². The summed E-state index contributed by atoms with van der Waals surface area (Å²) in [5.41, 5.74) is 2.05. The van der Waals surface area contributed by atoms with Crippen molar-refractivity contribution in [1.29, 1.82) is 0 Å². The monoisotopic (exact) mass is 347 g/mol. The number of benzene rings is 2. The molecule has 0 unspecified atom stereocenters. The van der Waals surface area contributed by atoms with Gasteiger partial charge in [-0.3, -0.25) is 14.4 Å². The normalized spacial score (nSPS) is 14.0. The number of nitrogens with one attached hydrogen (secondary N) is 2. The lowest BCUT2D eigenvalue weighted by atomic mass is 10.1. The zero-order chi connectivity index (χ0) is 18.1. The highest BCUT2D eigenvalue weighted by Crippen LogP contribution is 2.23. The third-order valence-corrected chi connectivity index (χ3v) is 4.51. The smallest absolute Gasteiger partial charge is 0.256 e. The minimum Gasteiger partial charge on any atom is -0.322 e. The van der Waals surface area contributed by atoms with Gasteiger partial charge < -0.3 is 15.2 Å². The predicted molar refractivity (Wildman–Crippen MR) is 101 cm³/mol. The lowest BCUT2D eigenvalue weighted by Crippen LogP contribution is -2.23. The Balaban J connectivity index is 1.59. The van der Waals surface area contributed by atoms with Crippen LogP contribution in [0.15, 0.2) is 59.4 Å². The fraction of sp³-hybridized carbons (Fsp3) is 0.150. The molecule has 1 aromatic heterocycles. The second-order valence-electron chi connectivity index (χ2n) is 6.24. The van der Waals surface area contributed by atoms with Gasteiger partial charge in [-0.2, -0.15) is 0 Å². The van der Waals surface area contributed by atoms with Gasteiger partial charge in [-0.05, 0) is 36.8 Å². The highest BCUT2D eigenvalue weighted by atomic mass is 16.2. The van der Waals surface area contributed by atoms with E-state index in [9.17, 15) is 14.4 Å². The summed E-state index contributed by atoms with van der Waals surface area (Å²) in [5, 5.41) is 3.50. The van der Waals surface area contributed by atoms with Crippen LogP contribution in [0.4, 0.5) is 11.4 Å². The van der Waals surface area contributed by atoms with E-state index in [1.54, 1.807) is 35.2 Å². The zero-order valence-electron chi connectivity index (χ0n) is 14.0. The second kappa shape index (κ2) is 6.48. The number of para-hydroxylation sites is 1. The van der Waals surface area contributed by atoms with Gasteiger partial charge in [0.05, 0.1) is 5.56 Å². The number of H-pyrrole nitrogens is 1. The van der Waals surface area contributed by atoms with Gasteiger partial charge in [0.1, 0.15) is 0 Å². The van der Waals surface area contributed by atoms with E-state index in [0.29, 0.717) is 28.6 Å². The van der Waals surface area contributed by atoms with Gasteiger partial charge >= 0.3 is 0 Å². The van der Waals surface area contributed by atoms with Crippen LogP contribution < -0.4 is 15.8 Å². The standard InChI is InChI=1S/C20H17N3O3/c24-18-12-16(15-4-1-2-5-17(15)22-18)20(26)21-13-7-9-14(10-8-13)23-11-3-6-19(23)25/h1-2,4-5,7-10,12H,3,6,11H2,(H,21,26)(H,22,24). The number of hydrogen-bond donors (Lipinski definition) is 2. The van der Waals surface area contributed by atoms with Crippen molar-refractivity contribution in [1.82, 2.24) is 4.98 Å². The molecule has 0 aliphatic carbocycles. The molecule has 2 heterocycles. The van der Waals surface area contributed by atoms with Crippen LogP contribution in [0.25, 0.3) is 10.9 Å². The first kappa shape index (κ1) is 16.1. The largest absolute Gasteiger partial charge is 0.322 e. The Morgan fingerprint density at radius 2 is 1.81 bits per heavy atom. The lowest BCUT2D eigenvalue weighted by Gasteiger charge is -2.16. The highest BCUT2D eigenvalue weighted by Gasteiger charge is 2.21. The fourth-order valence-corrected chi connectivity index (χ4v) is 3.24.